The van der Waals surface area contributed by atoms with E-state index < -0.39 is 66.1 Å². The van der Waals surface area contributed by atoms with Gasteiger partial charge in [0.2, 0.25) is 0 Å². The van der Waals surface area contributed by atoms with Crippen LogP contribution in [0.3, 0.4) is 0 Å². The maximum atomic E-state index is 8.76. The Balaban J connectivity index is 7.70. The van der Waals surface area contributed by atoms with Gasteiger partial charge in [-0.1, -0.05) is 0 Å². The molecule has 0 saturated heterocycles. The summed E-state index contributed by atoms with van der Waals surface area (Å²) in [5, 5.41) is 0. The van der Waals surface area contributed by atoms with Gasteiger partial charge >= 0.3 is 202 Å². The zero-order chi connectivity index (χ0) is 24.2. The molecule has 0 N–H and O–H groups in total. The molecule has 29 heavy (non-hydrogen) atoms. The van der Waals surface area contributed by atoms with Gasteiger partial charge < -0.3 is 0 Å². The molecule has 0 fully saturated rings. The van der Waals surface area contributed by atoms with Crippen molar-refractivity contribution >= 4 is 74.9 Å². The molecule has 0 aliphatic rings. The van der Waals surface area contributed by atoms with E-state index in [9.17, 15) is 0 Å². The summed E-state index contributed by atoms with van der Waals surface area (Å²) in [6.07, 6.45) is 0. The van der Waals surface area contributed by atoms with E-state index in [1.165, 1.54) is 0 Å². The van der Waals surface area contributed by atoms with Crippen LogP contribution in [-0.4, -0.2) is 66.1 Å². The molecule has 0 amide bonds. The molecule has 0 unspecified atom stereocenters. The van der Waals surface area contributed by atoms with Gasteiger partial charge in [0.25, 0.3) is 0 Å². The Morgan fingerprint density at radius 3 is 0.517 bits per heavy atom. The maximum absolute atomic E-state index is 8.76. The third kappa shape index (κ3) is 7.71. The van der Waals surface area contributed by atoms with E-state index in [-0.39, 0.29) is 0 Å². The summed E-state index contributed by atoms with van der Waals surface area (Å²) in [6, 6.07) is 0. The first-order valence-electron chi connectivity index (χ1n) is 11.8. The topological polar surface area (TPSA) is 0 Å². The fraction of sp³-hybridized carbons (Fsp3) is 1.00. The first-order valence-corrected chi connectivity index (χ1v) is 41.8. The van der Waals surface area contributed by atoms with Crippen LogP contribution in [0.5, 0.6) is 0 Å². The monoisotopic (exact) mass is 634 g/mol. The van der Waals surface area contributed by atoms with E-state index in [2.05, 4.69) is 118 Å². The van der Waals surface area contributed by atoms with Gasteiger partial charge in [0, 0.05) is 0 Å². The Hall–Kier alpha value is 2.41. The SMILES string of the molecule is C[Si](C)(C)[CH]([Si](C)(C)C)[SbH]([Cl])([CH]([Si](C)(C)C)[Si](C)(C)C)[CH]([Si](C)(C)C)[Si](C)(C)C. The predicted molar refractivity (Wildman–Crippen MR) is 164 cm³/mol. The van der Waals surface area contributed by atoms with Crippen molar-refractivity contribution in [2.45, 2.75) is 127 Å². The van der Waals surface area contributed by atoms with Crippen LogP contribution in [0.25, 0.3) is 0 Å². The Labute approximate surface area is 200 Å². The second-order valence-electron chi connectivity index (χ2n) is 16.3. The molecule has 0 atom stereocenters. The molecule has 0 rings (SSSR count). The Kier molecular flexibility index (Phi) is 9.99. The average molecular weight is 636 g/mol. The third-order valence-electron chi connectivity index (χ3n) is 6.52. The van der Waals surface area contributed by atoms with Crippen LogP contribution >= 0.6 is 8.83 Å². The van der Waals surface area contributed by atoms with Gasteiger partial charge in [-0.25, -0.2) is 0 Å². The number of hydrogen-bond acceptors (Lipinski definition) is 0. The first-order chi connectivity index (χ1) is 12.1. The number of halogens is 1. The average Bonchev–Trinajstić information content (AvgIpc) is 2.11. The van der Waals surface area contributed by atoms with Crippen molar-refractivity contribution in [3.8, 4) is 0 Å². The Morgan fingerprint density at radius 1 is 0.345 bits per heavy atom. The molecule has 0 aromatic rings. The molecule has 0 bridgehead atoms. The van der Waals surface area contributed by atoms with Crippen LogP contribution in [0.15, 0.2) is 0 Å². The molecule has 0 spiro atoms. The predicted octanol–water partition coefficient (Wildman–Crippen LogP) is 9.28. The second-order valence-corrected chi connectivity index (χ2v) is 73.9. The summed E-state index contributed by atoms with van der Waals surface area (Å²) in [4.78, 5) is 0. The van der Waals surface area contributed by atoms with E-state index in [1.54, 1.807) is 0 Å². The van der Waals surface area contributed by atoms with Crippen LogP contribution < -0.4 is 0 Å². The van der Waals surface area contributed by atoms with Gasteiger partial charge in [-0.15, -0.1) is 0 Å². The summed E-state index contributed by atoms with van der Waals surface area (Å²) in [5.41, 5.74) is 0. The molecule has 0 aliphatic heterocycles. The van der Waals surface area contributed by atoms with Gasteiger partial charge in [0.1, 0.15) is 0 Å². The number of rotatable bonds is 9. The fourth-order valence-corrected chi connectivity index (χ4v) is 185. The first kappa shape index (κ1) is 31.4. The summed E-state index contributed by atoms with van der Waals surface area (Å²) in [6.45, 7) is 48.5. The minimum atomic E-state index is -3.19. The minimum absolute atomic E-state index is 0.970. The normalized spacial score (nSPS) is 16.9. The van der Waals surface area contributed by atoms with E-state index in [0.717, 1.165) is 9.33 Å². The fourth-order valence-electron chi connectivity index (χ4n) is 8.38. The van der Waals surface area contributed by atoms with Gasteiger partial charge in [0.05, 0.1) is 0 Å². The molecular weight excluding hydrogens is 578 g/mol. The van der Waals surface area contributed by atoms with Gasteiger partial charge in [-0.05, 0) is 0 Å². The van der Waals surface area contributed by atoms with E-state index in [1.807, 2.05) is 0 Å². The standard InChI is InChI=1S/3C7H19Si2.ClH.Sb.H/c3*1-8(2,3)7-9(4,5)6;;;/h3*7H,1-6H3;1H;;/q;;;;+1;/p-1. The van der Waals surface area contributed by atoms with Crippen LogP contribution in [0.2, 0.25) is 127 Å². The third-order valence-corrected chi connectivity index (χ3v) is 116. The molecule has 8 heteroatoms. The molecule has 0 heterocycles. The number of hydrogen-bond donors (Lipinski definition) is 0. The molecule has 0 radical (unpaired) electrons. The van der Waals surface area contributed by atoms with Crippen molar-refractivity contribution in [1.29, 1.82) is 0 Å². The quantitative estimate of drug-likeness (QED) is 0.222. The van der Waals surface area contributed by atoms with Crippen LogP contribution in [0.4, 0.5) is 0 Å². The summed E-state index contributed by atoms with van der Waals surface area (Å²) in [5.74, 6) is 0. The molecular formula is C21H58ClSbSi6. The van der Waals surface area contributed by atoms with E-state index in [4.69, 9.17) is 8.83 Å². The summed E-state index contributed by atoms with van der Waals surface area (Å²) in [7, 11) is 0.446. The Bertz CT molecular complexity index is 432. The van der Waals surface area contributed by atoms with Crippen molar-refractivity contribution < 1.29 is 0 Å². The van der Waals surface area contributed by atoms with Gasteiger partial charge in [0.15, 0.2) is 0 Å². The van der Waals surface area contributed by atoms with Crippen LogP contribution in [-0.2, 0) is 0 Å². The molecule has 178 valence electrons. The van der Waals surface area contributed by atoms with Crippen LogP contribution in [0, 0.1) is 0 Å². The van der Waals surface area contributed by atoms with Crippen molar-refractivity contribution in [3.05, 3.63) is 0 Å². The van der Waals surface area contributed by atoms with Gasteiger partial charge in [-0.3, -0.25) is 0 Å². The Morgan fingerprint density at radius 2 is 0.448 bits per heavy atom. The van der Waals surface area contributed by atoms with Crippen molar-refractivity contribution in [1.82, 2.24) is 0 Å². The molecule has 0 aromatic carbocycles. The zero-order valence-electron chi connectivity index (χ0n) is 23.6. The molecule has 0 aromatic heterocycles. The van der Waals surface area contributed by atoms with Crippen molar-refractivity contribution in [2.75, 3.05) is 0 Å². The van der Waals surface area contributed by atoms with Crippen molar-refractivity contribution in [2.24, 2.45) is 0 Å². The molecule has 0 aliphatic carbocycles. The zero-order valence-corrected chi connectivity index (χ0v) is 33.2. The van der Waals surface area contributed by atoms with Crippen molar-refractivity contribution in [3.63, 3.8) is 0 Å². The molecule has 0 saturated carbocycles. The van der Waals surface area contributed by atoms with E-state index in [0.29, 0.717) is 0 Å². The van der Waals surface area contributed by atoms with Gasteiger partial charge in [-0.2, -0.15) is 0 Å². The van der Waals surface area contributed by atoms with E-state index >= 15 is 0 Å². The summed E-state index contributed by atoms with van der Waals surface area (Å²) < 4.78 is 2.91. The summed E-state index contributed by atoms with van der Waals surface area (Å²) >= 11 is -3.19. The molecule has 0 nitrogen and oxygen atoms in total. The second kappa shape index (κ2) is 9.22. The van der Waals surface area contributed by atoms with Crippen LogP contribution in [0.1, 0.15) is 0 Å².